The molecule has 0 saturated carbocycles. The van der Waals surface area contributed by atoms with Gasteiger partial charge in [-0.1, -0.05) is 6.92 Å². The molecule has 0 aliphatic carbocycles. The number of benzene rings is 1. The highest BCUT2D eigenvalue weighted by Crippen LogP contribution is 2.27. The molecule has 0 saturated heterocycles. The fraction of sp³-hybridized carbons (Fsp3) is 0.350. The Bertz CT molecular complexity index is 1240. The number of anilines is 3. The van der Waals surface area contributed by atoms with Crippen molar-refractivity contribution in [1.29, 1.82) is 0 Å². The van der Waals surface area contributed by atoms with Gasteiger partial charge in [0, 0.05) is 13.1 Å². The molecule has 0 bridgehead atoms. The third-order valence-corrected chi connectivity index (χ3v) is 6.25. The second kappa shape index (κ2) is 9.47. The lowest BCUT2D eigenvalue weighted by Gasteiger charge is -2.18. The number of H-pyrrole nitrogens is 1. The number of aromatic nitrogens is 3. The van der Waals surface area contributed by atoms with Gasteiger partial charge in [0.2, 0.25) is 10.0 Å². The van der Waals surface area contributed by atoms with Crippen molar-refractivity contribution in [2.24, 2.45) is 0 Å². The molecule has 3 rings (SSSR count). The number of pyridine rings is 1. The van der Waals surface area contributed by atoms with Crippen molar-refractivity contribution in [2.45, 2.75) is 27.2 Å². The van der Waals surface area contributed by atoms with E-state index in [1.807, 2.05) is 23.5 Å². The maximum atomic E-state index is 14.9. The lowest BCUT2D eigenvalue weighted by Crippen LogP contribution is -2.22. The Balaban J connectivity index is 1.92. The van der Waals surface area contributed by atoms with Gasteiger partial charge in [0.05, 0.1) is 28.7 Å². The van der Waals surface area contributed by atoms with E-state index >= 15 is 0 Å². The average Bonchev–Trinajstić information content (AvgIpc) is 3.14. The molecule has 3 N–H and O–H groups in total. The summed E-state index contributed by atoms with van der Waals surface area (Å²) in [4.78, 5) is 18.9. The molecule has 0 aliphatic heterocycles. The van der Waals surface area contributed by atoms with Crippen molar-refractivity contribution >= 4 is 44.2 Å². The first-order valence-corrected chi connectivity index (χ1v) is 11.7. The van der Waals surface area contributed by atoms with Crippen molar-refractivity contribution in [1.82, 2.24) is 15.2 Å². The number of sulfonamides is 1. The number of nitrogens with one attached hydrogen (secondary N) is 3. The molecule has 3 aromatic rings. The first kappa shape index (κ1) is 23.4. The lowest BCUT2D eigenvalue weighted by atomic mass is 10.1. The van der Waals surface area contributed by atoms with Crippen LogP contribution in [0, 0.1) is 11.6 Å². The summed E-state index contributed by atoms with van der Waals surface area (Å²) in [7, 11) is -3.83. The molecular formula is C20H24F2N6O3S. The highest BCUT2D eigenvalue weighted by molar-refractivity contribution is 7.92. The van der Waals surface area contributed by atoms with Gasteiger partial charge >= 0.3 is 0 Å². The minimum atomic E-state index is -3.83. The zero-order chi connectivity index (χ0) is 23.5. The number of amides is 1. The van der Waals surface area contributed by atoms with E-state index in [-0.39, 0.29) is 11.4 Å². The molecule has 0 fully saturated rings. The van der Waals surface area contributed by atoms with E-state index in [0.717, 1.165) is 12.1 Å². The van der Waals surface area contributed by atoms with Crippen molar-refractivity contribution < 1.29 is 22.0 Å². The highest BCUT2D eigenvalue weighted by Gasteiger charge is 2.23. The maximum Gasteiger partial charge on any atom is 0.261 e. The Morgan fingerprint density at radius 3 is 2.56 bits per heavy atom. The summed E-state index contributed by atoms with van der Waals surface area (Å²) in [6, 6.07) is 3.36. The molecule has 1 aromatic carbocycles. The number of carbonyl (C=O) groups excluding carboxylic acids is 1. The van der Waals surface area contributed by atoms with Crippen molar-refractivity contribution in [3.05, 3.63) is 41.6 Å². The average molecular weight is 467 g/mol. The van der Waals surface area contributed by atoms with Crippen LogP contribution in [0.1, 0.15) is 37.6 Å². The normalized spacial score (nSPS) is 11.5. The van der Waals surface area contributed by atoms with Gasteiger partial charge in [0.15, 0.2) is 17.3 Å². The predicted octanol–water partition coefficient (Wildman–Crippen LogP) is 3.49. The van der Waals surface area contributed by atoms with Crippen LogP contribution in [0.25, 0.3) is 11.0 Å². The lowest BCUT2D eigenvalue weighted by molar-refractivity contribution is 0.101. The summed E-state index contributed by atoms with van der Waals surface area (Å²) in [6.07, 6.45) is 1.64. The number of hydrogen-bond acceptors (Lipinski definition) is 6. The van der Waals surface area contributed by atoms with E-state index < -0.39 is 38.8 Å². The number of aromatic amines is 1. The Morgan fingerprint density at radius 1 is 1.19 bits per heavy atom. The third kappa shape index (κ3) is 4.79. The molecule has 2 aromatic heterocycles. The monoisotopic (exact) mass is 466 g/mol. The zero-order valence-electron chi connectivity index (χ0n) is 17.9. The van der Waals surface area contributed by atoms with Crippen LogP contribution in [-0.2, 0) is 10.0 Å². The van der Waals surface area contributed by atoms with Crippen LogP contribution >= 0.6 is 0 Å². The summed E-state index contributed by atoms with van der Waals surface area (Å²) in [6.45, 7) is 6.98. The van der Waals surface area contributed by atoms with Crippen LogP contribution in [0.4, 0.5) is 26.0 Å². The van der Waals surface area contributed by atoms with Crippen LogP contribution < -0.4 is 14.9 Å². The molecule has 0 atom stereocenters. The van der Waals surface area contributed by atoms with Crippen LogP contribution in [0.3, 0.4) is 0 Å². The molecule has 2 heterocycles. The smallest absolute Gasteiger partial charge is 0.261 e. The molecule has 12 heteroatoms. The number of halogens is 2. The number of fused-ring (bicyclic) bond motifs is 1. The Kier molecular flexibility index (Phi) is 6.92. The van der Waals surface area contributed by atoms with Crippen LogP contribution in [0.2, 0.25) is 0 Å². The highest BCUT2D eigenvalue weighted by atomic mass is 32.2. The van der Waals surface area contributed by atoms with E-state index in [2.05, 4.69) is 20.5 Å². The van der Waals surface area contributed by atoms with E-state index in [0.29, 0.717) is 36.4 Å². The van der Waals surface area contributed by atoms with Gasteiger partial charge in [0.25, 0.3) is 5.91 Å². The van der Waals surface area contributed by atoms with Crippen LogP contribution in [0.5, 0.6) is 0 Å². The molecule has 9 nitrogen and oxygen atoms in total. The number of rotatable bonds is 9. The minimum Gasteiger partial charge on any atom is -0.355 e. The minimum absolute atomic E-state index is 0.202. The van der Waals surface area contributed by atoms with Gasteiger partial charge in [-0.2, -0.15) is 5.10 Å². The van der Waals surface area contributed by atoms with Gasteiger partial charge < -0.3 is 10.2 Å². The number of hydrogen-bond donors (Lipinski definition) is 3. The second-order valence-corrected chi connectivity index (χ2v) is 8.84. The SMILES string of the molecule is CCCS(=O)(=O)Nc1ccc(F)c(C(=O)Nc2cnc3[nH]nc(N(CC)CC)c3c2)c1F. The van der Waals surface area contributed by atoms with E-state index in [1.165, 1.54) is 6.20 Å². The molecular weight excluding hydrogens is 442 g/mol. The summed E-state index contributed by atoms with van der Waals surface area (Å²) in [5.74, 6) is -3.11. The van der Waals surface area contributed by atoms with Gasteiger partial charge in [0.1, 0.15) is 11.4 Å². The first-order valence-electron chi connectivity index (χ1n) is 10.1. The van der Waals surface area contributed by atoms with Crippen molar-refractivity contribution in [3.63, 3.8) is 0 Å². The molecule has 32 heavy (non-hydrogen) atoms. The van der Waals surface area contributed by atoms with Gasteiger partial charge in [-0.3, -0.25) is 14.6 Å². The fourth-order valence-electron chi connectivity index (χ4n) is 3.24. The Hall–Kier alpha value is -3.28. The largest absolute Gasteiger partial charge is 0.355 e. The summed E-state index contributed by atoms with van der Waals surface area (Å²) >= 11 is 0. The first-order chi connectivity index (χ1) is 15.2. The molecule has 0 unspecified atom stereocenters. The molecule has 1 amide bonds. The van der Waals surface area contributed by atoms with Crippen molar-refractivity contribution in [3.8, 4) is 0 Å². The Labute approximate surface area is 184 Å². The Morgan fingerprint density at radius 2 is 1.91 bits per heavy atom. The van der Waals surface area contributed by atoms with E-state index in [9.17, 15) is 22.0 Å². The van der Waals surface area contributed by atoms with Gasteiger partial charge in [-0.05, 0) is 38.5 Å². The zero-order valence-corrected chi connectivity index (χ0v) is 18.7. The van der Waals surface area contributed by atoms with E-state index in [4.69, 9.17) is 0 Å². The molecule has 0 aliphatic rings. The van der Waals surface area contributed by atoms with Crippen molar-refractivity contribution in [2.75, 3.05) is 33.8 Å². The van der Waals surface area contributed by atoms with E-state index in [1.54, 1.807) is 13.0 Å². The topological polar surface area (TPSA) is 120 Å². The summed E-state index contributed by atoms with van der Waals surface area (Å²) in [5, 5.41) is 10.1. The van der Waals surface area contributed by atoms with Gasteiger partial charge in [-0.25, -0.2) is 22.2 Å². The quantitative estimate of drug-likeness (QED) is 0.444. The standard InChI is InChI=1S/C20H24F2N6O3S/c1-4-9-32(30,31)27-15-8-7-14(21)16(17(15)22)20(29)24-12-10-13-18(23-11-12)25-26-19(13)28(5-2)6-3/h7-8,10-11,27H,4-6,9H2,1-3H3,(H,24,29)(H,23,25,26). The second-order valence-electron chi connectivity index (χ2n) is 7.00. The summed E-state index contributed by atoms with van der Waals surface area (Å²) < 4.78 is 55.1. The maximum absolute atomic E-state index is 14.9. The number of nitrogens with zero attached hydrogens (tertiary/aromatic N) is 3. The summed E-state index contributed by atoms with van der Waals surface area (Å²) in [5.41, 5.74) is -0.710. The third-order valence-electron chi connectivity index (χ3n) is 4.77. The number of carbonyl (C=O) groups is 1. The molecule has 172 valence electrons. The molecule has 0 radical (unpaired) electrons. The van der Waals surface area contributed by atoms with Crippen LogP contribution in [0.15, 0.2) is 24.4 Å². The fourth-order valence-corrected chi connectivity index (χ4v) is 4.38. The predicted molar refractivity (Wildman–Crippen MR) is 119 cm³/mol. The van der Waals surface area contributed by atoms with Gasteiger partial charge in [-0.15, -0.1) is 0 Å². The molecule has 0 spiro atoms. The van der Waals surface area contributed by atoms with Crippen LogP contribution in [-0.4, -0.2) is 48.3 Å².